The largest absolute Gasteiger partial charge is 0.0656 e. The van der Waals surface area contributed by atoms with Gasteiger partial charge in [-0.3, -0.25) is 0 Å². The van der Waals surface area contributed by atoms with Crippen LogP contribution in [0.3, 0.4) is 0 Å². The zero-order valence-electron chi connectivity index (χ0n) is 28.8. The van der Waals surface area contributed by atoms with E-state index < -0.39 is 0 Å². The molecule has 0 N–H and O–H groups in total. The highest BCUT2D eigenvalue weighted by molar-refractivity contribution is 4.55. The Morgan fingerprint density at radius 2 is 0.588 bits per heavy atom. The van der Waals surface area contributed by atoms with Crippen molar-refractivity contribution in [2.75, 3.05) is 0 Å². The molecule has 0 rings (SSSR count). The van der Waals surface area contributed by atoms with Crippen LogP contribution in [0.4, 0.5) is 0 Å². The fraction of sp³-hybridized carbons (Fsp3) is 1.00. The van der Waals surface area contributed by atoms with E-state index in [2.05, 4.69) is 125 Å². The molecule has 0 radical (unpaired) electrons. The van der Waals surface area contributed by atoms with E-state index >= 15 is 0 Å². The van der Waals surface area contributed by atoms with Gasteiger partial charge in [0.25, 0.3) is 0 Å². The standard InChI is InChI=1S/2C6H14.3C5H12.C4H10.C3H8/c1-5-6(2,3)4;1-3-5-6-4-2;2*1-4-5(2)3;1-3-5-4-2;1-3-4-2;1-3-2/h5H2,1-4H3;3-6H2,1-2H3;2*5H,4H2,1-3H3;3-5H2,1-2H3;3-4H2,1-2H3;3H2,1-2H3. The number of unbranched alkanes of at least 4 members (excludes halogenated alkanes) is 6. The summed E-state index contributed by atoms with van der Waals surface area (Å²) in [5.41, 5.74) is 0.542. The molecule has 0 aliphatic carbocycles. The molecule has 0 saturated carbocycles. The molecule has 0 aromatic rings. The average Bonchev–Trinajstić information content (AvgIpc) is 2.80. The van der Waals surface area contributed by atoms with E-state index in [0.29, 0.717) is 5.41 Å². The summed E-state index contributed by atoms with van der Waals surface area (Å²) in [6.07, 6.45) is 17.4. The molecule has 0 aromatic carbocycles. The van der Waals surface area contributed by atoms with Crippen LogP contribution in [0.2, 0.25) is 0 Å². The molecule has 0 bridgehead atoms. The first kappa shape index (κ1) is 50.8. The van der Waals surface area contributed by atoms with Crippen LogP contribution < -0.4 is 0 Å². The molecule has 0 heteroatoms. The molecule has 0 aromatic heterocycles. The Hall–Kier alpha value is 0. The number of hydrogen-bond acceptors (Lipinski definition) is 0. The van der Waals surface area contributed by atoms with Crippen LogP contribution in [0.1, 0.15) is 208 Å². The van der Waals surface area contributed by atoms with Gasteiger partial charge in [-0.05, 0) is 17.3 Å². The molecule has 0 spiro atoms. The predicted molar refractivity (Wildman–Crippen MR) is 172 cm³/mol. The topological polar surface area (TPSA) is 0 Å². The quantitative estimate of drug-likeness (QED) is 0.297. The zero-order valence-corrected chi connectivity index (χ0v) is 28.8. The first-order chi connectivity index (χ1) is 15.8. The third-order valence-electron chi connectivity index (χ3n) is 4.86. The minimum Gasteiger partial charge on any atom is -0.0656 e. The average molecular weight is 491 g/mol. The fourth-order valence-corrected chi connectivity index (χ4v) is 0.854. The van der Waals surface area contributed by atoms with Crippen molar-refractivity contribution in [1.29, 1.82) is 0 Å². The molecular formula is C34H82. The Kier molecular flexibility index (Phi) is 80.8. The van der Waals surface area contributed by atoms with Crippen LogP contribution >= 0.6 is 0 Å². The summed E-state index contributed by atoms with van der Waals surface area (Å²) >= 11 is 0. The lowest BCUT2D eigenvalue weighted by Gasteiger charge is -2.12. The summed E-state index contributed by atoms with van der Waals surface area (Å²) < 4.78 is 0. The SMILES string of the molecule is CCC.CCC(C)(C)C.CCC(C)C.CCC(C)C.CCCC.CCCCC.CCCCCC. The smallest absolute Gasteiger partial charge is 0.0385 e. The van der Waals surface area contributed by atoms with E-state index in [9.17, 15) is 0 Å². The summed E-state index contributed by atoms with van der Waals surface area (Å²) in [5, 5.41) is 0. The van der Waals surface area contributed by atoms with Gasteiger partial charge in [-0.2, -0.15) is 0 Å². The van der Waals surface area contributed by atoms with Crippen LogP contribution in [0.15, 0.2) is 0 Å². The lowest BCUT2D eigenvalue weighted by atomic mass is 9.94. The van der Waals surface area contributed by atoms with Gasteiger partial charge >= 0.3 is 0 Å². The van der Waals surface area contributed by atoms with Crippen molar-refractivity contribution in [1.82, 2.24) is 0 Å². The third-order valence-corrected chi connectivity index (χ3v) is 4.86. The molecular weight excluding hydrogens is 408 g/mol. The van der Waals surface area contributed by atoms with Gasteiger partial charge in [-0.25, -0.2) is 0 Å². The molecule has 0 fully saturated rings. The van der Waals surface area contributed by atoms with Crippen LogP contribution in [-0.4, -0.2) is 0 Å². The van der Waals surface area contributed by atoms with Crippen molar-refractivity contribution >= 4 is 0 Å². The molecule has 34 heavy (non-hydrogen) atoms. The van der Waals surface area contributed by atoms with Gasteiger partial charge in [-0.15, -0.1) is 0 Å². The summed E-state index contributed by atoms with van der Waals surface area (Å²) in [7, 11) is 0. The molecule has 0 nitrogen and oxygen atoms in total. The van der Waals surface area contributed by atoms with E-state index in [1.165, 1.54) is 83.5 Å². The Morgan fingerprint density at radius 3 is 0.618 bits per heavy atom. The molecule has 0 aliphatic rings. The monoisotopic (exact) mass is 491 g/mol. The highest BCUT2D eigenvalue weighted by Gasteiger charge is 2.03. The summed E-state index contributed by atoms with van der Waals surface area (Å²) in [5.74, 6) is 1.77. The Balaban J connectivity index is -0.0000000505. The number of hydrogen-bond donors (Lipinski definition) is 0. The summed E-state index contributed by atoms with van der Waals surface area (Å²) in [4.78, 5) is 0. The molecule has 218 valence electrons. The van der Waals surface area contributed by atoms with Crippen LogP contribution in [0, 0.1) is 17.3 Å². The van der Waals surface area contributed by atoms with Crippen LogP contribution in [0.25, 0.3) is 0 Å². The summed E-state index contributed by atoms with van der Waals surface area (Å²) in [6.45, 7) is 39.7. The predicted octanol–water partition coefficient (Wildman–Crippen LogP) is 14.6. The van der Waals surface area contributed by atoms with E-state index in [-0.39, 0.29) is 0 Å². The highest BCUT2D eigenvalue weighted by atomic mass is 14.1. The normalized spacial score (nSPS) is 9.18. The molecule has 0 amide bonds. The Morgan fingerprint density at radius 1 is 0.412 bits per heavy atom. The maximum atomic E-state index is 2.24. The third kappa shape index (κ3) is 182. The second-order valence-electron chi connectivity index (χ2n) is 11.3. The first-order valence-electron chi connectivity index (χ1n) is 15.8. The van der Waals surface area contributed by atoms with Gasteiger partial charge in [0.1, 0.15) is 0 Å². The molecule has 0 saturated heterocycles. The number of rotatable bonds is 8. The maximum absolute atomic E-state index is 2.24. The minimum absolute atomic E-state index is 0.542. The maximum Gasteiger partial charge on any atom is -0.0385 e. The Bertz CT molecular complexity index is 203. The van der Waals surface area contributed by atoms with E-state index in [0.717, 1.165) is 11.8 Å². The highest BCUT2D eigenvalue weighted by Crippen LogP contribution is 2.16. The lowest BCUT2D eigenvalue weighted by Crippen LogP contribution is -2.00. The van der Waals surface area contributed by atoms with Crippen molar-refractivity contribution in [3.63, 3.8) is 0 Å². The van der Waals surface area contributed by atoms with Crippen molar-refractivity contribution in [2.24, 2.45) is 17.3 Å². The van der Waals surface area contributed by atoms with E-state index in [1.54, 1.807) is 0 Å². The van der Waals surface area contributed by atoms with Gasteiger partial charge in [0.2, 0.25) is 0 Å². The molecule has 0 aliphatic heterocycles. The molecule has 0 atom stereocenters. The van der Waals surface area contributed by atoms with Gasteiger partial charge in [0, 0.05) is 0 Å². The second-order valence-corrected chi connectivity index (χ2v) is 11.3. The Labute approximate surface area is 225 Å². The van der Waals surface area contributed by atoms with Gasteiger partial charge in [-0.1, -0.05) is 208 Å². The van der Waals surface area contributed by atoms with E-state index in [1.807, 2.05) is 0 Å². The van der Waals surface area contributed by atoms with Gasteiger partial charge in [0.05, 0.1) is 0 Å². The fourth-order valence-electron chi connectivity index (χ4n) is 0.854. The minimum atomic E-state index is 0.542. The van der Waals surface area contributed by atoms with Crippen molar-refractivity contribution in [3.8, 4) is 0 Å². The van der Waals surface area contributed by atoms with Crippen molar-refractivity contribution in [3.05, 3.63) is 0 Å². The van der Waals surface area contributed by atoms with Crippen LogP contribution in [-0.2, 0) is 0 Å². The van der Waals surface area contributed by atoms with E-state index in [4.69, 9.17) is 0 Å². The molecule has 0 unspecified atom stereocenters. The van der Waals surface area contributed by atoms with Gasteiger partial charge in [0.15, 0.2) is 0 Å². The summed E-state index contributed by atoms with van der Waals surface area (Å²) in [6, 6.07) is 0. The lowest BCUT2D eigenvalue weighted by molar-refractivity contribution is 0.398. The van der Waals surface area contributed by atoms with Crippen molar-refractivity contribution in [2.45, 2.75) is 208 Å². The second kappa shape index (κ2) is 54.1. The zero-order chi connectivity index (χ0) is 28.8. The molecule has 0 heterocycles. The first-order valence-corrected chi connectivity index (χ1v) is 15.8. The van der Waals surface area contributed by atoms with Crippen molar-refractivity contribution < 1.29 is 0 Å². The van der Waals surface area contributed by atoms with Gasteiger partial charge < -0.3 is 0 Å². The van der Waals surface area contributed by atoms with Crippen LogP contribution in [0.5, 0.6) is 0 Å².